The van der Waals surface area contributed by atoms with Crippen LogP contribution in [0.3, 0.4) is 0 Å². The largest absolute Gasteiger partial charge is 0.361 e. The van der Waals surface area contributed by atoms with Crippen LogP contribution in [0.5, 0.6) is 0 Å². The molecule has 2 amide bonds. The number of fused-ring (bicyclic) bond motifs is 2. The second kappa shape index (κ2) is 9.40. The van der Waals surface area contributed by atoms with Gasteiger partial charge in [-0.05, 0) is 35.7 Å². The standard InChI is InChI=1S/C28H25Cl2N3O2/c1-3-16(2)25(27(34)32-23-14-8-12-21(29)24(23)30)33-26(18-10-4-5-11-19(18)28(33)35)20-15-31-22-13-7-6-9-17(20)22/h4-16,25-26,31H,3H2,1-2H3,(H,32,34). The highest BCUT2D eigenvalue weighted by atomic mass is 35.5. The lowest BCUT2D eigenvalue weighted by Crippen LogP contribution is -2.49. The van der Waals surface area contributed by atoms with E-state index in [-0.39, 0.29) is 22.8 Å². The summed E-state index contributed by atoms with van der Waals surface area (Å²) in [5.41, 5.74) is 3.87. The monoisotopic (exact) mass is 505 g/mol. The Hall–Kier alpha value is -3.28. The van der Waals surface area contributed by atoms with Crippen molar-refractivity contribution in [3.63, 3.8) is 0 Å². The van der Waals surface area contributed by atoms with E-state index in [9.17, 15) is 9.59 Å². The molecule has 7 heteroatoms. The number of amides is 2. The first kappa shape index (κ1) is 23.5. The molecular weight excluding hydrogens is 481 g/mol. The molecule has 1 aliphatic heterocycles. The first-order valence-electron chi connectivity index (χ1n) is 11.6. The number of rotatable bonds is 6. The fourth-order valence-electron chi connectivity index (χ4n) is 4.95. The van der Waals surface area contributed by atoms with E-state index in [0.29, 0.717) is 22.7 Å². The van der Waals surface area contributed by atoms with Crippen molar-refractivity contribution >= 4 is 51.6 Å². The number of halogens is 2. The third-order valence-electron chi connectivity index (χ3n) is 6.88. The van der Waals surface area contributed by atoms with E-state index in [4.69, 9.17) is 23.2 Å². The van der Waals surface area contributed by atoms with Crippen molar-refractivity contribution in [2.45, 2.75) is 32.4 Å². The molecule has 1 aliphatic rings. The number of aromatic amines is 1. The number of carbonyl (C=O) groups excluding carboxylic acids is 2. The van der Waals surface area contributed by atoms with Crippen LogP contribution in [0, 0.1) is 5.92 Å². The summed E-state index contributed by atoms with van der Waals surface area (Å²) < 4.78 is 0. The Balaban J connectivity index is 1.63. The van der Waals surface area contributed by atoms with Gasteiger partial charge in [-0.1, -0.05) is 85.9 Å². The molecule has 4 aromatic rings. The maximum absolute atomic E-state index is 13.9. The average molecular weight is 506 g/mol. The number of aromatic nitrogens is 1. The summed E-state index contributed by atoms with van der Waals surface area (Å²) in [5, 5.41) is 4.58. The van der Waals surface area contributed by atoms with Crippen molar-refractivity contribution in [2.24, 2.45) is 5.92 Å². The molecule has 0 spiro atoms. The molecule has 3 aromatic carbocycles. The number of nitrogens with zero attached hydrogens (tertiary/aromatic N) is 1. The lowest BCUT2D eigenvalue weighted by molar-refractivity contribution is -0.122. The average Bonchev–Trinajstić information content (AvgIpc) is 3.41. The van der Waals surface area contributed by atoms with Crippen LogP contribution >= 0.6 is 23.2 Å². The molecule has 0 radical (unpaired) electrons. The van der Waals surface area contributed by atoms with Crippen molar-refractivity contribution in [3.8, 4) is 0 Å². The van der Waals surface area contributed by atoms with E-state index in [0.717, 1.165) is 22.0 Å². The zero-order valence-electron chi connectivity index (χ0n) is 19.4. The van der Waals surface area contributed by atoms with Gasteiger partial charge in [-0.15, -0.1) is 0 Å². The van der Waals surface area contributed by atoms with E-state index in [1.807, 2.05) is 68.6 Å². The smallest absolute Gasteiger partial charge is 0.255 e. The molecule has 3 unspecified atom stereocenters. The summed E-state index contributed by atoms with van der Waals surface area (Å²) in [4.78, 5) is 32.8. The molecule has 1 aromatic heterocycles. The van der Waals surface area contributed by atoms with Crippen LogP contribution in [-0.4, -0.2) is 27.7 Å². The van der Waals surface area contributed by atoms with E-state index in [2.05, 4.69) is 10.3 Å². The number of para-hydroxylation sites is 1. The van der Waals surface area contributed by atoms with Gasteiger partial charge in [0.15, 0.2) is 0 Å². The topological polar surface area (TPSA) is 65.2 Å². The predicted octanol–water partition coefficient (Wildman–Crippen LogP) is 7.07. The Morgan fingerprint density at radius 1 is 1.03 bits per heavy atom. The summed E-state index contributed by atoms with van der Waals surface area (Å²) in [6, 6.07) is 19.6. The van der Waals surface area contributed by atoms with Crippen molar-refractivity contribution < 1.29 is 9.59 Å². The van der Waals surface area contributed by atoms with Gasteiger partial charge in [0.05, 0.1) is 21.8 Å². The highest BCUT2D eigenvalue weighted by molar-refractivity contribution is 6.44. The van der Waals surface area contributed by atoms with Gasteiger partial charge in [-0.25, -0.2) is 0 Å². The van der Waals surface area contributed by atoms with E-state index >= 15 is 0 Å². The lowest BCUT2D eigenvalue weighted by Gasteiger charge is -2.36. The molecule has 3 atom stereocenters. The van der Waals surface area contributed by atoms with Gasteiger partial charge in [0.2, 0.25) is 5.91 Å². The highest BCUT2D eigenvalue weighted by Gasteiger charge is 2.46. The SMILES string of the molecule is CCC(C)C(C(=O)Nc1cccc(Cl)c1Cl)N1C(=O)c2ccccc2C1c1c[nH]c2ccccc12. The summed E-state index contributed by atoms with van der Waals surface area (Å²) in [5.74, 6) is -0.568. The normalized spacial score (nSPS) is 16.9. The number of hydrogen-bond acceptors (Lipinski definition) is 2. The minimum absolute atomic E-state index is 0.112. The lowest BCUT2D eigenvalue weighted by atomic mass is 9.92. The van der Waals surface area contributed by atoms with Gasteiger partial charge < -0.3 is 15.2 Å². The molecule has 0 bridgehead atoms. The van der Waals surface area contributed by atoms with Crippen molar-refractivity contribution in [1.29, 1.82) is 0 Å². The summed E-state index contributed by atoms with van der Waals surface area (Å²) >= 11 is 12.5. The number of nitrogens with one attached hydrogen (secondary N) is 2. The van der Waals surface area contributed by atoms with E-state index in [1.165, 1.54) is 0 Å². The molecule has 0 fully saturated rings. The van der Waals surface area contributed by atoms with Crippen LogP contribution < -0.4 is 5.32 Å². The number of hydrogen-bond donors (Lipinski definition) is 2. The zero-order valence-corrected chi connectivity index (χ0v) is 20.9. The number of H-pyrrole nitrogens is 1. The van der Waals surface area contributed by atoms with Crippen molar-refractivity contribution in [1.82, 2.24) is 9.88 Å². The Morgan fingerprint density at radius 2 is 1.77 bits per heavy atom. The van der Waals surface area contributed by atoms with Crippen LogP contribution in [0.15, 0.2) is 72.9 Å². The summed E-state index contributed by atoms with van der Waals surface area (Å²) in [7, 11) is 0. The predicted molar refractivity (Wildman–Crippen MR) is 141 cm³/mol. The molecule has 5 nitrogen and oxygen atoms in total. The zero-order chi connectivity index (χ0) is 24.7. The third kappa shape index (κ3) is 3.99. The van der Waals surface area contributed by atoms with Gasteiger partial charge >= 0.3 is 0 Å². The van der Waals surface area contributed by atoms with Gasteiger partial charge in [-0.2, -0.15) is 0 Å². The quantitative estimate of drug-likeness (QED) is 0.294. The minimum atomic E-state index is -0.728. The summed E-state index contributed by atoms with van der Waals surface area (Å²) in [6.45, 7) is 4.01. The second-order valence-electron chi connectivity index (χ2n) is 8.91. The van der Waals surface area contributed by atoms with Gasteiger partial charge in [-0.3, -0.25) is 9.59 Å². The Morgan fingerprint density at radius 3 is 2.57 bits per heavy atom. The fourth-order valence-corrected chi connectivity index (χ4v) is 5.30. The molecule has 0 aliphatic carbocycles. The van der Waals surface area contributed by atoms with E-state index < -0.39 is 12.1 Å². The van der Waals surface area contributed by atoms with Gasteiger partial charge in [0.25, 0.3) is 5.91 Å². The highest BCUT2D eigenvalue weighted by Crippen LogP contribution is 2.44. The number of benzene rings is 3. The molecule has 0 saturated heterocycles. The van der Waals surface area contributed by atoms with Gasteiger partial charge in [0.1, 0.15) is 6.04 Å². The van der Waals surface area contributed by atoms with Crippen LogP contribution in [-0.2, 0) is 4.79 Å². The molecule has 178 valence electrons. The van der Waals surface area contributed by atoms with Crippen LogP contribution in [0.4, 0.5) is 5.69 Å². The minimum Gasteiger partial charge on any atom is -0.361 e. The van der Waals surface area contributed by atoms with E-state index in [1.54, 1.807) is 23.1 Å². The molecule has 2 heterocycles. The van der Waals surface area contributed by atoms with Crippen LogP contribution in [0.25, 0.3) is 10.9 Å². The molecular formula is C28H25Cl2N3O2. The fraction of sp³-hybridized carbons (Fsp3) is 0.214. The second-order valence-corrected chi connectivity index (χ2v) is 9.70. The summed E-state index contributed by atoms with van der Waals surface area (Å²) in [6.07, 6.45) is 2.65. The molecule has 2 N–H and O–H groups in total. The first-order chi connectivity index (χ1) is 16.9. The van der Waals surface area contributed by atoms with Gasteiger partial charge in [0, 0.05) is 28.2 Å². The third-order valence-corrected chi connectivity index (χ3v) is 7.69. The van der Waals surface area contributed by atoms with Crippen molar-refractivity contribution in [3.05, 3.63) is 99.7 Å². The molecule has 35 heavy (non-hydrogen) atoms. The maximum Gasteiger partial charge on any atom is 0.255 e. The van der Waals surface area contributed by atoms with Crippen molar-refractivity contribution in [2.75, 3.05) is 5.32 Å². The maximum atomic E-state index is 13.9. The first-order valence-corrected chi connectivity index (χ1v) is 12.4. The number of anilines is 1. The Bertz CT molecular complexity index is 1430. The van der Waals surface area contributed by atoms with Crippen LogP contribution in [0.1, 0.15) is 47.8 Å². The number of carbonyl (C=O) groups is 2. The Labute approximate surface area is 214 Å². The van der Waals surface area contributed by atoms with Crippen LogP contribution in [0.2, 0.25) is 10.0 Å². The molecule has 5 rings (SSSR count). The Kier molecular flexibility index (Phi) is 6.30. The molecule has 0 saturated carbocycles.